The summed E-state index contributed by atoms with van der Waals surface area (Å²) in [5.74, 6) is 0.0381. The van der Waals surface area contributed by atoms with Gasteiger partial charge in [0.05, 0.1) is 10.5 Å². The van der Waals surface area contributed by atoms with Crippen molar-refractivity contribution in [2.75, 3.05) is 0 Å². The number of amides is 1. The molecule has 1 heterocycles. The highest BCUT2D eigenvalue weighted by atomic mass is 35.5. The fourth-order valence-corrected chi connectivity index (χ4v) is 2.74. The Hall–Kier alpha value is -1.19. The number of nitrogens with zero attached hydrogens (tertiary/aromatic N) is 1. The Morgan fingerprint density at radius 3 is 2.84 bits per heavy atom. The molecule has 19 heavy (non-hydrogen) atoms. The van der Waals surface area contributed by atoms with Gasteiger partial charge in [0.25, 0.3) is 0 Å². The summed E-state index contributed by atoms with van der Waals surface area (Å²) >= 11 is 12.2. The van der Waals surface area contributed by atoms with Crippen molar-refractivity contribution in [1.82, 2.24) is 9.88 Å². The number of hydrogen-bond acceptors (Lipinski definition) is 1. The van der Waals surface area contributed by atoms with E-state index in [1.807, 2.05) is 29.8 Å². The number of halogens is 2. The van der Waals surface area contributed by atoms with E-state index in [0.29, 0.717) is 16.1 Å². The minimum atomic E-state index is -0.271. The highest BCUT2D eigenvalue weighted by molar-refractivity contribution is 6.38. The molecule has 2 aromatic rings. The zero-order chi connectivity index (χ0) is 13.6. The molecule has 3 nitrogen and oxygen atoms in total. The molecule has 1 fully saturated rings. The Bertz CT molecular complexity index is 646. The molecule has 1 N–H and O–H groups in total. The maximum atomic E-state index is 12.1. The van der Waals surface area contributed by atoms with Crippen molar-refractivity contribution in [3.8, 4) is 0 Å². The molecule has 0 spiro atoms. The van der Waals surface area contributed by atoms with Gasteiger partial charge in [-0.15, -0.1) is 0 Å². The summed E-state index contributed by atoms with van der Waals surface area (Å²) in [5.41, 5.74) is 0.885. The fourth-order valence-electron chi connectivity index (χ4n) is 2.20. The van der Waals surface area contributed by atoms with Crippen LogP contribution in [0, 0.1) is 0 Å². The molecule has 0 saturated heterocycles. The second kappa shape index (κ2) is 4.73. The number of aromatic nitrogens is 1. The van der Waals surface area contributed by atoms with E-state index in [0.717, 1.165) is 23.7 Å². The van der Waals surface area contributed by atoms with Gasteiger partial charge < -0.3 is 9.88 Å². The van der Waals surface area contributed by atoms with Gasteiger partial charge in [0.2, 0.25) is 5.91 Å². The van der Waals surface area contributed by atoms with Crippen molar-refractivity contribution >= 4 is 40.0 Å². The monoisotopic (exact) mass is 296 g/mol. The molecule has 1 unspecified atom stereocenters. The van der Waals surface area contributed by atoms with Crippen LogP contribution in [-0.2, 0) is 4.79 Å². The van der Waals surface area contributed by atoms with Gasteiger partial charge in [0, 0.05) is 22.6 Å². The number of fused-ring (bicyclic) bond motifs is 1. The molecule has 1 atom stereocenters. The van der Waals surface area contributed by atoms with Crippen LogP contribution >= 0.6 is 23.2 Å². The molecule has 3 rings (SSSR count). The van der Waals surface area contributed by atoms with Crippen LogP contribution in [-0.4, -0.2) is 16.5 Å². The largest absolute Gasteiger partial charge is 0.352 e. The van der Waals surface area contributed by atoms with E-state index in [9.17, 15) is 4.79 Å². The van der Waals surface area contributed by atoms with Gasteiger partial charge in [-0.1, -0.05) is 23.2 Å². The van der Waals surface area contributed by atoms with Crippen molar-refractivity contribution in [2.45, 2.75) is 31.8 Å². The van der Waals surface area contributed by atoms with Gasteiger partial charge in [-0.25, -0.2) is 0 Å². The first-order valence-corrected chi connectivity index (χ1v) is 7.08. The van der Waals surface area contributed by atoms with Gasteiger partial charge in [-0.05, 0) is 38.0 Å². The summed E-state index contributed by atoms with van der Waals surface area (Å²) in [6.07, 6.45) is 4.05. The Morgan fingerprint density at radius 2 is 2.16 bits per heavy atom. The number of benzene rings is 1. The predicted octanol–water partition coefficient (Wildman–Crippen LogP) is 3.79. The maximum Gasteiger partial charge on any atom is 0.242 e. The molecule has 1 aromatic heterocycles. The van der Waals surface area contributed by atoms with Gasteiger partial charge in [-0.2, -0.15) is 0 Å². The molecule has 1 aromatic carbocycles. The van der Waals surface area contributed by atoms with Crippen LogP contribution in [0.2, 0.25) is 10.0 Å². The van der Waals surface area contributed by atoms with E-state index in [1.165, 1.54) is 0 Å². The van der Waals surface area contributed by atoms with Crippen molar-refractivity contribution < 1.29 is 4.79 Å². The Morgan fingerprint density at radius 1 is 1.42 bits per heavy atom. The minimum absolute atomic E-state index is 0.0381. The topological polar surface area (TPSA) is 34.0 Å². The summed E-state index contributed by atoms with van der Waals surface area (Å²) in [4.78, 5) is 12.1. The first-order valence-electron chi connectivity index (χ1n) is 6.32. The fraction of sp³-hybridized carbons (Fsp3) is 0.357. The van der Waals surface area contributed by atoms with Crippen LogP contribution < -0.4 is 5.32 Å². The van der Waals surface area contributed by atoms with Crippen molar-refractivity contribution in [2.24, 2.45) is 0 Å². The van der Waals surface area contributed by atoms with E-state index in [-0.39, 0.29) is 11.9 Å². The lowest BCUT2D eigenvalue weighted by molar-refractivity contribution is -0.123. The highest BCUT2D eigenvalue weighted by Gasteiger charge is 2.26. The number of hydrogen-bond donors (Lipinski definition) is 1. The van der Waals surface area contributed by atoms with Crippen LogP contribution in [0.1, 0.15) is 25.8 Å². The van der Waals surface area contributed by atoms with Gasteiger partial charge >= 0.3 is 0 Å². The molecule has 1 saturated carbocycles. The average molecular weight is 297 g/mol. The van der Waals surface area contributed by atoms with E-state index in [2.05, 4.69) is 5.32 Å². The van der Waals surface area contributed by atoms with Crippen molar-refractivity contribution in [1.29, 1.82) is 0 Å². The molecule has 0 bridgehead atoms. The summed E-state index contributed by atoms with van der Waals surface area (Å²) in [6, 6.07) is 5.56. The number of nitrogens with one attached hydrogen (secondary N) is 1. The SMILES string of the molecule is CC(C(=O)NC1CC1)n1ccc2c(Cl)cc(Cl)cc21. The Labute approximate surface area is 121 Å². The van der Waals surface area contributed by atoms with E-state index >= 15 is 0 Å². The normalized spacial score (nSPS) is 16.6. The second-order valence-electron chi connectivity index (χ2n) is 5.00. The maximum absolute atomic E-state index is 12.1. The van der Waals surface area contributed by atoms with Crippen LogP contribution in [0.4, 0.5) is 0 Å². The molecule has 1 aliphatic rings. The summed E-state index contributed by atoms with van der Waals surface area (Å²) in [6.45, 7) is 1.88. The first-order chi connectivity index (χ1) is 9.06. The molecule has 1 amide bonds. The zero-order valence-electron chi connectivity index (χ0n) is 10.5. The molecule has 1 aliphatic carbocycles. The molecule has 100 valence electrons. The van der Waals surface area contributed by atoms with Gasteiger partial charge in [0.15, 0.2) is 0 Å². The molecular formula is C14H14Cl2N2O. The summed E-state index contributed by atoms with van der Waals surface area (Å²) in [7, 11) is 0. The number of rotatable bonds is 3. The third kappa shape index (κ3) is 2.45. The van der Waals surface area contributed by atoms with E-state index in [4.69, 9.17) is 23.2 Å². The van der Waals surface area contributed by atoms with Gasteiger partial charge in [-0.3, -0.25) is 4.79 Å². The van der Waals surface area contributed by atoms with E-state index in [1.54, 1.807) is 6.07 Å². The number of carbonyl (C=O) groups excluding carboxylic acids is 1. The van der Waals surface area contributed by atoms with Crippen molar-refractivity contribution in [3.05, 3.63) is 34.4 Å². The lowest BCUT2D eigenvalue weighted by atomic mass is 10.2. The second-order valence-corrected chi connectivity index (χ2v) is 5.85. The van der Waals surface area contributed by atoms with Crippen LogP contribution in [0.25, 0.3) is 10.9 Å². The Kier molecular flexibility index (Phi) is 3.19. The minimum Gasteiger partial charge on any atom is -0.352 e. The van der Waals surface area contributed by atoms with E-state index < -0.39 is 0 Å². The predicted molar refractivity (Wildman–Crippen MR) is 77.8 cm³/mol. The van der Waals surface area contributed by atoms with Crippen LogP contribution in [0.5, 0.6) is 0 Å². The zero-order valence-corrected chi connectivity index (χ0v) is 12.0. The number of carbonyl (C=O) groups is 1. The summed E-state index contributed by atoms with van der Waals surface area (Å²) < 4.78 is 1.91. The third-order valence-corrected chi connectivity index (χ3v) is 4.00. The Balaban J connectivity index is 1.97. The smallest absolute Gasteiger partial charge is 0.242 e. The van der Waals surface area contributed by atoms with Gasteiger partial charge in [0.1, 0.15) is 6.04 Å². The lowest BCUT2D eigenvalue weighted by Crippen LogP contribution is -2.32. The molecular weight excluding hydrogens is 283 g/mol. The first kappa shape index (κ1) is 12.8. The molecule has 0 aliphatic heterocycles. The molecule has 0 radical (unpaired) electrons. The summed E-state index contributed by atoms with van der Waals surface area (Å²) in [5, 5.41) is 5.11. The van der Waals surface area contributed by atoms with Crippen LogP contribution in [0.15, 0.2) is 24.4 Å². The van der Waals surface area contributed by atoms with Crippen LogP contribution in [0.3, 0.4) is 0 Å². The highest BCUT2D eigenvalue weighted by Crippen LogP contribution is 2.30. The van der Waals surface area contributed by atoms with Crippen molar-refractivity contribution in [3.63, 3.8) is 0 Å². The quantitative estimate of drug-likeness (QED) is 0.919. The average Bonchev–Trinajstić information content (AvgIpc) is 3.05. The lowest BCUT2D eigenvalue weighted by Gasteiger charge is -2.15. The third-order valence-electron chi connectivity index (χ3n) is 3.47. The standard InChI is InChI=1S/C14H14Cl2N2O/c1-8(14(19)17-10-2-3-10)18-5-4-11-12(16)6-9(15)7-13(11)18/h4-8,10H,2-3H2,1H3,(H,17,19). The molecule has 5 heteroatoms.